The second-order valence-corrected chi connectivity index (χ2v) is 8.88. The molecule has 0 saturated carbocycles. The van der Waals surface area contributed by atoms with E-state index in [1.54, 1.807) is 6.26 Å². The van der Waals surface area contributed by atoms with Gasteiger partial charge in [0, 0.05) is 49.9 Å². The van der Waals surface area contributed by atoms with E-state index in [0.717, 1.165) is 36.1 Å². The molecule has 0 unspecified atom stereocenters. The molecule has 1 saturated heterocycles. The highest BCUT2D eigenvalue weighted by Crippen LogP contribution is 2.46. The number of amides is 2. The third-order valence-corrected chi connectivity index (χ3v) is 6.20. The minimum atomic E-state index is -0.341. The van der Waals surface area contributed by atoms with Gasteiger partial charge in [-0.3, -0.25) is 9.59 Å². The van der Waals surface area contributed by atoms with Crippen molar-refractivity contribution in [3.63, 3.8) is 0 Å². The average molecular weight is 411 g/mol. The van der Waals surface area contributed by atoms with E-state index in [4.69, 9.17) is 9.15 Å². The fraction of sp³-hybridized carbons (Fsp3) is 0.500. The van der Waals surface area contributed by atoms with Crippen molar-refractivity contribution in [3.8, 4) is 5.75 Å². The summed E-state index contributed by atoms with van der Waals surface area (Å²) in [5, 5.41) is 3.01. The van der Waals surface area contributed by atoms with Crippen molar-refractivity contribution in [1.82, 2.24) is 10.2 Å². The molecule has 1 aromatic carbocycles. The molecular formula is C24H30N2O4. The fourth-order valence-electron chi connectivity index (χ4n) is 4.69. The van der Waals surface area contributed by atoms with E-state index in [1.165, 1.54) is 0 Å². The molecule has 2 aromatic rings. The Balaban J connectivity index is 1.49. The number of rotatable bonds is 4. The Bertz CT molecular complexity index is 925. The molecule has 0 radical (unpaired) electrons. The number of carbonyl (C=O) groups is 2. The van der Waals surface area contributed by atoms with Crippen LogP contribution in [-0.4, -0.2) is 41.4 Å². The lowest BCUT2D eigenvalue weighted by Crippen LogP contribution is -2.52. The topological polar surface area (TPSA) is 71.8 Å². The largest absolute Gasteiger partial charge is 0.487 e. The zero-order chi connectivity index (χ0) is 21.3. The number of furan rings is 1. The van der Waals surface area contributed by atoms with Crippen LogP contribution in [0, 0.1) is 6.92 Å². The molecule has 1 aromatic heterocycles. The number of benzene rings is 1. The molecule has 2 aliphatic heterocycles. The first kappa shape index (κ1) is 20.5. The van der Waals surface area contributed by atoms with Crippen molar-refractivity contribution in [3.05, 3.63) is 53.5 Å². The highest BCUT2D eigenvalue weighted by atomic mass is 16.5. The maximum atomic E-state index is 12.8. The third-order valence-electron chi connectivity index (χ3n) is 6.20. The predicted molar refractivity (Wildman–Crippen MR) is 114 cm³/mol. The Hall–Kier alpha value is -2.76. The van der Waals surface area contributed by atoms with Crippen LogP contribution in [0.5, 0.6) is 5.75 Å². The van der Waals surface area contributed by atoms with Gasteiger partial charge in [0.25, 0.3) is 5.91 Å². The second-order valence-electron chi connectivity index (χ2n) is 8.88. The van der Waals surface area contributed by atoms with Crippen LogP contribution in [0.2, 0.25) is 0 Å². The van der Waals surface area contributed by atoms with Gasteiger partial charge in [-0.05, 0) is 44.9 Å². The van der Waals surface area contributed by atoms with Crippen molar-refractivity contribution in [1.29, 1.82) is 0 Å². The number of aryl methyl sites for hydroxylation is 1. The lowest BCUT2D eigenvalue weighted by molar-refractivity contribution is -0.122. The van der Waals surface area contributed by atoms with E-state index in [-0.39, 0.29) is 29.4 Å². The Morgan fingerprint density at radius 2 is 1.93 bits per heavy atom. The van der Waals surface area contributed by atoms with Crippen LogP contribution < -0.4 is 10.1 Å². The number of hydrogen-bond donors (Lipinski definition) is 1. The summed E-state index contributed by atoms with van der Waals surface area (Å²) in [4.78, 5) is 27.1. The number of nitrogens with zero attached hydrogens (tertiary/aromatic N) is 1. The second kappa shape index (κ2) is 8.17. The molecule has 2 amide bonds. The summed E-state index contributed by atoms with van der Waals surface area (Å²) in [6.07, 6.45) is 4.29. The molecule has 6 heteroatoms. The van der Waals surface area contributed by atoms with Crippen LogP contribution in [0.25, 0.3) is 0 Å². The van der Waals surface area contributed by atoms with Gasteiger partial charge >= 0.3 is 0 Å². The van der Waals surface area contributed by atoms with Gasteiger partial charge in [-0.1, -0.05) is 18.2 Å². The Morgan fingerprint density at radius 1 is 1.20 bits per heavy atom. The van der Waals surface area contributed by atoms with E-state index in [0.29, 0.717) is 25.3 Å². The molecule has 160 valence electrons. The zero-order valence-corrected chi connectivity index (χ0v) is 17.9. The van der Waals surface area contributed by atoms with Gasteiger partial charge in [0.2, 0.25) is 5.91 Å². The maximum absolute atomic E-state index is 12.8. The SMILES string of the molecule is Cc1ccoc1C(=O)N1CCC2(CC1)C[C@H](CC(=O)NC(C)C)c1ccccc1O2. The zero-order valence-electron chi connectivity index (χ0n) is 17.9. The molecule has 1 fully saturated rings. The minimum Gasteiger partial charge on any atom is -0.487 e. The van der Waals surface area contributed by atoms with Gasteiger partial charge in [-0.15, -0.1) is 0 Å². The van der Waals surface area contributed by atoms with Crippen LogP contribution >= 0.6 is 0 Å². The standard InChI is InChI=1S/C24H30N2O4/c1-16(2)25-21(27)14-18-15-24(30-20-7-5-4-6-19(18)20)9-11-26(12-10-24)23(28)22-17(3)8-13-29-22/h4-8,13,16,18H,9-12,14-15H2,1-3H3,(H,25,27)/t18-/m0/s1. The lowest BCUT2D eigenvalue weighted by Gasteiger charge is -2.46. The number of ether oxygens (including phenoxy) is 1. The van der Waals surface area contributed by atoms with Crippen LogP contribution in [0.3, 0.4) is 0 Å². The van der Waals surface area contributed by atoms with Crippen LogP contribution in [0.15, 0.2) is 41.0 Å². The van der Waals surface area contributed by atoms with E-state index in [9.17, 15) is 9.59 Å². The monoisotopic (exact) mass is 410 g/mol. The summed E-state index contributed by atoms with van der Waals surface area (Å²) in [6, 6.07) is 9.97. The molecule has 0 bridgehead atoms. The van der Waals surface area contributed by atoms with Crippen LogP contribution in [0.1, 0.15) is 67.1 Å². The van der Waals surface area contributed by atoms with Gasteiger partial charge in [-0.25, -0.2) is 0 Å². The number of fused-ring (bicyclic) bond motifs is 1. The third kappa shape index (κ3) is 4.09. The van der Waals surface area contributed by atoms with Gasteiger partial charge in [-0.2, -0.15) is 0 Å². The fourth-order valence-corrected chi connectivity index (χ4v) is 4.69. The molecule has 30 heavy (non-hydrogen) atoms. The summed E-state index contributed by atoms with van der Waals surface area (Å²) in [7, 11) is 0. The van der Waals surface area contributed by atoms with Crippen molar-refractivity contribution >= 4 is 11.8 Å². The molecule has 1 spiro atoms. The van der Waals surface area contributed by atoms with Crippen molar-refractivity contribution in [2.24, 2.45) is 0 Å². The van der Waals surface area contributed by atoms with E-state index < -0.39 is 0 Å². The number of para-hydroxylation sites is 1. The molecule has 1 atom stereocenters. The number of carbonyl (C=O) groups excluding carboxylic acids is 2. The normalized spacial score (nSPS) is 20.0. The summed E-state index contributed by atoms with van der Waals surface area (Å²) in [6.45, 7) is 7.07. The summed E-state index contributed by atoms with van der Waals surface area (Å²) < 4.78 is 11.9. The first-order valence-electron chi connectivity index (χ1n) is 10.8. The smallest absolute Gasteiger partial charge is 0.289 e. The van der Waals surface area contributed by atoms with Gasteiger partial charge in [0.15, 0.2) is 5.76 Å². The summed E-state index contributed by atoms with van der Waals surface area (Å²) in [5.41, 5.74) is 1.62. The molecule has 6 nitrogen and oxygen atoms in total. The Labute approximate surface area is 177 Å². The lowest BCUT2D eigenvalue weighted by atomic mass is 9.76. The quantitative estimate of drug-likeness (QED) is 0.826. The van der Waals surface area contributed by atoms with E-state index in [2.05, 4.69) is 11.4 Å². The Morgan fingerprint density at radius 3 is 2.60 bits per heavy atom. The first-order valence-corrected chi connectivity index (χ1v) is 10.8. The molecule has 0 aliphatic carbocycles. The van der Waals surface area contributed by atoms with Crippen LogP contribution in [0.4, 0.5) is 0 Å². The number of likely N-dealkylation sites (tertiary alicyclic amines) is 1. The highest BCUT2D eigenvalue weighted by molar-refractivity contribution is 5.92. The van der Waals surface area contributed by atoms with Crippen molar-refractivity contribution < 1.29 is 18.7 Å². The molecule has 2 aliphatic rings. The molecule has 3 heterocycles. The number of hydrogen-bond acceptors (Lipinski definition) is 4. The summed E-state index contributed by atoms with van der Waals surface area (Å²) in [5.74, 6) is 1.42. The van der Waals surface area contributed by atoms with E-state index >= 15 is 0 Å². The molecule has 4 rings (SSSR count). The van der Waals surface area contributed by atoms with Gasteiger partial charge in [0.05, 0.1) is 6.26 Å². The van der Waals surface area contributed by atoms with Crippen LogP contribution in [-0.2, 0) is 4.79 Å². The number of piperidine rings is 1. The highest BCUT2D eigenvalue weighted by Gasteiger charge is 2.44. The van der Waals surface area contributed by atoms with Crippen molar-refractivity contribution in [2.45, 2.75) is 64.0 Å². The maximum Gasteiger partial charge on any atom is 0.289 e. The van der Waals surface area contributed by atoms with Gasteiger partial charge < -0.3 is 19.4 Å². The number of nitrogens with one attached hydrogen (secondary N) is 1. The minimum absolute atomic E-state index is 0.0589. The Kier molecular flexibility index (Phi) is 5.58. The first-order chi connectivity index (χ1) is 14.4. The molecule has 1 N–H and O–H groups in total. The predicted octanol–water partition coefficient (Wildman–Crippen LogP) is 4.04. The van der Waals surface area contributed by atoms with Crippen molar-refractivity contribution in [2.75, 3.05) is 13.1 Å². The molecular weight excluding hydrogens is 380 g/mol. The van der Waals surface area contributed by atoms with E-state index in [1.807, 2.05) is 49.9 Å². The summed E-state index contributed by atoms with van der Waals surface area (Å²) >= 11 is 0. The average Bonchev–Trinajstić information content (AvgIpc) is 3.13. The van der Waals surface area contributed by atoms with Gasteiger partial charge in [0.1, 0.15) is 11.4 Å².